The van der Waals surface area contributed by atoms with Gasteiger partial charge in [0.15, 0.2) is 0 Å². The zero-order valence-corrected chi connectivity index (χ0v) is 14.4. The van der Waals surface area contributed by atoms with Crippen molar-refractivity contribution in [2.75, 3.05) is 32.8 Å². The number of rotatable bonds is 7. The Balaban J connectivity index is 2.21. The Morgan fingerprint density at radius 1 is 1.22 bits per heavy atom. The monoisotopic (exact) mass is 327 g/mol. The minimum atomic E-state index is -0.447. The Kier molecular flexibility index (Phi) is 8.61. The molecule has 23 heavy (non-hydrogen) atoms. The molecular weight excluding hydrogens is 298 g/mol. The second kappa shape index (κ2) is 10.2. The molecule has 1 saturated heterocycles. The smallest absolute Gasteiger partial charge is 0.321 e. The van der Waals surface area contributed by atoms with Crippen LogP contribution in [-0.4, -0.2) is 55.6 Å². The Bertz CT molecular complexity index is 404. The Hall–Kier alpha value is -1.63. The number of piperidine rings is 1. The highest BCUT2D eigenvalue weighted by molar-refractivity contribution is 5.95. The van der Waals surface area contributed by atoms with Crippen molar-refractivity contribution in [3.63, 3.8) is 0 Å². The van der Waals surface area contributed by atoms with Crippen LogP contribution < -0.4 is 10.6 Å². The highest BCUT2D eigenvalue weighted by Crippen LogP contribution is 2.18. The molecule has 1 aliphatic rings. The molecule has 7 heteroatoms. The highest BCUT2D eigenvalue weighted by Gasteiger charge is 2.26. The molecule has 0 bridgehead atoms. The second-order valence-electron chi connectivity index (χ2n) is 6.29. The average Bonchev–Trinajstić information content (AvgIpc) is 2.47. The van der Waals surface area contributed by atoms with Gasteiger partial charge in [-0.1, -0.05) is 13.8 Å². The molecule has 2 N–H and O–H groups in total. The first kappa shape index (κ1) is 19.4. The number of likely N-dealkylation sites (tertiary alicyclic amines) is 1. The number of urea groups is 1. The number of nitrogens with one attached hydrogen (secondary N) is 2. The molecule has 0 unspecified atom stereocenters. The molecule has 132 valence electrons. The summed E-state index contributed by atoms with van der Waals surface area (Å²) in [6.45, 7) is 8.39. The molecule has 0 aromatic rings. The molecule has 1 rings (SSSR count). The minimum Gasteiger partial charge on any atom is -0.466 e. The predicted molar refractivity (Wildman–Crippen MR) is 86.8 cm³/mol. The number of esters is 1. The van der Waals surface area contributed by atoms with Crippen molar-refractivity contribution >= 4 is 17.9 Å². The van der Waals surface area contributed by atoms with E-state index in [1.165, 1.54) is 0 Å². The van der Waals surface area contributed by atoms with Crippen LogP contribution in [-0.2, 0) is 14.3 Å². The van der Waals surface area contributed by atoms with Gasteiger partial charge in [0.25, 0.3) is 0 Å². The van der Waals surface area contributed by atoms with Crippen molar-refractivity contribution in [2.24, 2.45) is 11.8 Å². The van der Waals surface area contributed by atoms with Gasteiger partial charge in [0.1, 0.15) is 0 Å². The lowest BCUT2D eigenvalue weighted by Crippen LogP contribution is -2.47. The summed E-state index contributed by atoms with van der Waals surface area (Å²) in [5.74, 6) is -0.0388. The first-order valence-electron chi connectivity index (χ1n) is 8.39. The minimum absolute atomic E-state index is 0.0754. The summed E-state index contributed by atoms with van der Waals surface area (Å²) in [4.78, 5) is 37.0. The molecule has 3 amide bonds. The van der Waals surface area contributed by atoms with Crippen LogP contribution >= 0.6 is 0 Å². The van der Waals surface area contributed by atoms with E-state index in [1.807, 2.05) is 4.90 Å². The third-order valence-corrected chi connectivity index (χ3v) is 3.83. The third-order valence-electron chi connectivity index (χ3n) is 3.83. The molecule has 0 atom stereocenters. The highest BCUT2D eigenvalue weighted by atomic mass is 16.5. The van der Waals surface area contributed by atoms with E-state index in [-0.39, 0.29) is 24.3 Å². The summed E-state index contributed by atoms with van der Waals surface area (Å²) in [7, 11) is 0. The lowest BCUT2D eigenvalue weighted by molar-refractivity contribution is -0.149. The molecule has 0 radical (unpaired) electrons. The standard InChI is InChI=1S/C16H29N3O4/c1-4-23-15(21)13-6-9-19(10-7-13)11-14(20)18-16(22)17-8-5-12(2)3/h12-13H,4-11H2,1-3H3,(H2,17,18,20,22). The van der Waals surface area contributed by atoms with Crippen LogP contribution in [0.5, 0.6) is 0 Å². The van der Waals surface area contributed by atoms with Gasteiger partial charge in [-0.15, -0.1) is 0 Å². The molecular formula is C16H29N3O4. The van der Waals surface area contributed by atoms with Gasteiger partial charge in [-0.2, -0.15) is 0 Å². The van der Waals surface area contributed by atoms with E-state index < -0.39 is 6.03 Å². The Morgan fingerprint density at radius 3 is 2.43 bits per heavy atom. The maximum absolute atomic E-state index is 11.8. The summed E-state index contributed by atoms with van der Waals surface area (Å²) in [5, 5.41) is 5.00. The first-order valence-corrected chi connectivity index (χ1v) is 8.39. The first-order chi connectivity index (χ1) is 10.9. The van der Waals surface area contributed by atoms with E-state index in [0.29, 0.717) is 45.0 Å². The van der Waals surface area contributed by atoms with Crippen LogP contribution in [0.4, 0.5) is 4.79 Å². The van der Waals surface area contributed by atoms with Crippen molar-refractivity contribution in [3.8, 4) is 0 Å². The van der Waals surface area contributed by atoms with Crippen LogP contribution in [0.25, 0.3) is 0 Å². The average molecular weight is 327 g/mol. The number of amides is 3. The zero-order chi connectivity index (χ0) is 17.2. The zero-order valence-electron chi connectivity index (χ0n) is 14.4. The van der Waals surface area contributed by atoms with E-state index >= 15 is 0 Å². The van der Waals surface area contributed by atoms with Crippen molar-refractivity contribution < 1.29 is 19.1 Å². The number of imide groups is 1. The fraction of sp³-hybridized carbons (Fsp3) is 0.812. The van der Waals surface area contributed by atoms with Gasteiger partial charge in [0.05, 0.1) is 19.1 Å². The van der Waals surface area contributed by atoms with Gasteiger partial charge in [-0.05, 0) is 45.2 Å². The number of hydrogen-bond donors (Lipinski definition) is 2. The molecule has 0 aromatic heterocycles. The van der Waals surface area contributed by atoms with E-state index in [2.05, 4.69) is 24.5 Å². The topological polar surface area (TPSA) is 87.7 Å². The number of ether oxygens (including phenoxy) is 1. The van der Waals surface area contributed by atoms with Gasteiger partial charge < -0.3 is 10.1 Å². The van der Waals surface area contributed by atoms with Gasteiger partial charge >= 0.3 is 12.0 Å². The lowest BCUT2D eigenvalue weighted by Gasteiger charge is -2.30. The largest absolute Gasteiger partial charge is 0.466 e. The summed E-state index contributed by atoms with van der Waals surface area (Å²) < 4.78 is 5.01. The maximum atomic E-state index is 11.8. The van der Waals surface area contributed by atoms with Crippen molar-refractivity contribution in [1.29, 1.82) is 0 Å². The van der Waals surface area contributed by atoms with Gasteiger partial charge in [-0.25, -0.2) is 4.79 Å². The summed E-state index contributed by atoms with van der Waals surface area (Å²) in [6, 6.07) is -0.447. The van der Waals surface area contributed by atoms with Crippen LogP contribution in [0.3, 0.4) is 0 Å². The molecule has 0 aromatic carbocycles. The molecule has 1 heterocycles. The quantitative estimate of drug-likeness (QED) is 0.685. The predicted octanol–water partition coefficient (Wildman–Crippen LogP) is 1.13. The van der Waals surface area contributed by atoms with Gasteiger partial charge in [0.2, 0.25) is 5.91 Å². The molecule has 1 aliphatic heterocycles. The molecule has 7 nitrogen and oxygen atoms in total. The van der Waals surface area contributed by atoms with Crippen molar-refractivity contribution in [3.05, 3.63) is 0 Å². The number of carbonyl (C=O) groups is 3. The normalized spacial score (nSPS) is 16.2. The van der Waals surface area contributed by atoms with Gasteiger partial charge in [-0.3, -0.25) is 19.8 Å². The fourth-order valence-electron chi connectivity index (χ4n) is 2.47. The van der Waals surface area contributed by atoms with Crippen molar-refractivity contribution in [1.82, 2.24) is 15.5 Å². The Labute approximate surface area is 138 Å². The van der Waals surface area contributed by atoms with Crippen LogP contribution in [0.15, 0.2) is 0 Å². The van der Waals surface area contributed by atoms with E-state index in [9.17, 15) is 14.4 Å². The molecule has 0 saturated carbocycles. The lowest BCUT2D eigenvalue weighted by atomic mass is 9.97. The van der Waals surface area contributed by atoms with E-state index in [1.54, 1.807) is 6.92 Å². The van der Waals surface area contributed by atoms with Crippen molar-refractivity contribution in [2.45, 2.75) is 40.0 Å². The summed E-state index contributed by atoms with van der Waals surface area (Å²) in [5.41, 5.74) is 0. The summed E-state index contributed by atoms with van der Waals surface area (Å²) in [6.07, 6.45) is 2.25. The number of hydrogen-bond acceptors (Lipinski definition) is 5. The van der Waals surface area contributed by atoms with Crippen LogP contribution in [0.1, 0.15) is 40.0 Å². The number of carbonyl (C=O) groups excluding carboxylic acids is 3. The SMILES string of the molecule is CCOC(=O)C1CCN(CC(=O)NC(=O)NCCC(C)C)CC1. The van der Waals surface area contributed by atoms with E-state index in [4.69, 9.17) is 4.74 Å². The molecule has 0 spiro atoms. The molecule has 0 aliphatic carbocycles. The Morgan fingerprint density at radius 2 is 1.87 bits per heavy atom. The third kappa shape index (κ3) is 7.97. The maximum Gasteiger partial charge on any atom is 0.321 e. The fourth-order valence-corrected chi connectivity index (χ4v) is 2.47. The summed E-state index contributed by atoms with van der Waals surface area (Å²) >= 11 is 0. The number of nitrogens with zero attached hydrogens (tertiary/aromatic N) is 1. The second-order valence-corrected chi connectivity index (χ2v) is 6.29. The van der Waals surface area contributed by atoms with E-state index in [0.717, 1.165) is 6.42 Å². The molecule has 1 fully saturated rings. The van der Waals surface area contributed by atoms with Crippen LogP contribution in [0, 0.1) is 11.8 Å². The van der Waals surface area contributed by atoms with Crippen LogP contribution in [0.2, 0.25) is 0 Å². The van der Waals surface area contributed by atoms with Gasteiger partial charge in [0, 0.05) is 6.54 Å².